The molecule has 3 nitrogen and oxygen atoms in total. The molecular formula is C14H25N3. The summed E-state index contributed by atoms with van der Waals surface area (Å²) in [6.07, 6.45) is 7.65. The summed E-state index contributed by atoms with van der Waals surface area (Å²) in [7, 11) is 0. The quantitative estimate of drug-likeness (QED) is 0.864. The van der Waals surface area contributed by atoms with Crippen molar-refractivity contribution in [1.29, 1.82) is 0 Å². The van der Waals surface area contributed by atoms with Gasteiger partial charge in [-0.15, -0.1) is 0 Å². The lowest BCUT2D eigenvalue weighted by Gasteiger charge is -2.25. The molecule has 0 aromatic carbocycles. The summed E-state index contributed by atoms with van der Waals surface area (Å²) in [5, 5.41) is 3.44. The Morgan fingerprint density at radius 2 is 2.06 bits per heavy atom. The van der Waals surface area contributed by atoms with Crippen LogP contribution in [-0.4, -0.2) is 15.6 Å². The number of imidazole rings is 1. The topological polar surface area (TPSA) is 29.9 Å². The van der Waals surface area contributed by atoms with E-state index in [1.807, 2.05) is 0 Å². The minimum atomic E-state index is 0.437. The summed E-state index contributed by atoms with van der Waals surface area (Å²) in [4.78, 5) is 4.58. The first-order chi connectivity index (χ1) is 7.98. The van der Waals surface area contributed by atoms with E-state index in [4.69, 9.17) is 0 Å². The number of aryl methyl sites for hydroxylation is 1. The van der Waals surface area contributed by atoms with Crippen LogP contribution in [0.1, 0.15) is 52.1 Å². The Balaban J connectivity index is 2.14. The molecule has 2 rings (SSSR count). The van der Waals surface area contributed by atoms with Gasteiger partial charge in [0.2, 0.25) is 5.95 Å². The zero-order valence-electron chi connectivity index (χ0n) is 11.6. The number of hydrogen-bond donors (Lipinski definition) is 1. The normalized spacial score (nSPS) is 18.9. The second-order valence-corrected chi connectivity index (χ2v) is 6.15. The molecule has 0 atom stereocenters. The zero-order chi connectivity index (χ0) is 12.5. The molecule has 1 N–H and O–H groups in total. The molecule has 0 saturated heterocycles. The first-order valence-corrected chi connectivity index (χ1v) is 6.79. The maximum atomic E-state index is 4.58. The molecule has 96 valence electrons. The van der Waals surface area contributed by atoms with Gasteiger partial charge in [-0.1, -0.05) is 19.8 Å². The molecule has 0 amide bonds. The minimum absolute atomic E-state index is 0.437. The van der Waals surface area contributed by atoms with Crippen molar-refractivity contribution in [3.05, 3.63) is 11.9 Å². The molecule has 1 aromatic rings. The average Bonchev–Trinajstić information content (AvgIpc) is 2.74. The summed E-state index contributed by atoms with van der Waals surface area (Å²) < 4.78 is 2.31. The van der Waals surface area contributed by atoms with Crippen molar-refractivity contribution in [2.24, 2.45) is 5.41 Å². The van der Waals surface area contributed by atoms with E-state index in [1.165, 1.54) is 25.7 Å². The molecule has 0 spiro atoms. The van der Waals surface area contributed by atoms with Gasteiger partial charge in [0, 0.05) is 18.8 Å². The van der Waals surface area contributed by atoms with Crippen LogP contribution in [0.5, 0.6) is 0 Å². The molecule has 1 aliphatic carbocycles. The molecule has 0 radical (unpaired) electrons. The van der Waals surface area contributed by atoms with Crippen LogP contribution in [0.15, 0.2) is 6.20 Å². The first-order valence-electron chi connectivity index (χ1n) is 6.79. The minimum Gasteiger partial charge on any atom is -0.353 e. The lowest BCUT2D eigenvalue weighted by atomic mass is 9.89. The number of nitrogens with one attached hydrogen (secondary N) is 1. The summed E-state index contributed by atoms with van der Waals surface area (Å²) in [6.45, 7) is 9.90. The van der Waals surface area contributed by atoms with E-state index in [0.717, 1.165) is 18.2 Å². The van der Waals surface area contributed by atoms with Crippen LogP contribution < -0.4 is 5.32 Å². The van der Waals surface area contributed by atoms with E-state index in [-0.39, 0.29) is 0 Å². The largest absolute Gasteiger partial charge is 0.353 e. The van der Waals surface area contributed by atoms with Crippen molar-refractivity contribution in [1.82, 2.24) is 9.55 Å². The Bertz CT molecular complexity index is 373. The first kappa shape index (κ1) is 12.5. The fraction of sp³-hybridized carbons (Fsp3) is 0.786. The monoisotopic (exact) mass is 235 g/mol. The Morgan fingerprint density at radius 1 is 1.41 bits per heavy atom. The average molecular weight is 235 g/mol. The van der Waals surface area contributed by atoms with Crippen molar-refractivity contribution in [2.75, 3.05) is 5.32 Å². The Kier molecular flexibility index (Phi) is 3.45. The number of rotatable bonds is 4. The molecule has 0 bridgehead atoms. The van der Waals surface area contributed by atoms with E-state index in [0.29, 0.717) is 11.5 Å². The van der Waals surface area contributed by atoms with Crippen molar-refractivity contribution in [3.8, 4) is 0 Å². The predicted octanol–water partition coefficient (Wildman–Crippen LogP) is 3.59. The third-order valence-electron chi connectivity index (χ3n) is 3.68. The van der Waals surface area contributed by atoms with Crippen LogP contribution in [0, 0.1) is 12.3 Å². The van der Waals surface area contributed by atoms with Crippen LogP contribution in [0.2, 0.25) is 0 Å². The summed E-state index contributed by atoms with van der Waals surface area (Å²) in [5.41, 5.74) is 1.58. The summed E-state index contributed by atoms with van der Waals surface area (Å²) in [5.74, 6) is 1.03. The number of aromatic nitrogens is 2. The molecular weight excluding hydrogens is 210 g/mol. The highest BCUT2D eigenvalue weighted by Gasteiger charge is 2.29. The molecule has 0 unspecified atom stereocenters. The molecule has 1 heterocycles. The van der Waals surface area contributed by atoms with Crippen LogP contribution >= 0.6 is 0 Å². The maximum absolute atomic E-state index is 4.58. The number of anilines is 1. The molecule has 0 aliphatic heterocycles. The van der Waals surface area contributed by atoms with E-state index in [9.17, 15) is 0 Å². The van der Waals surface area contributed by atoms with Crippen LogP contribution in [0.4, 0.5) is 5.95 Å². The maximum Gasteiger partial charge on any atom is 0.203 e. The van der Waals surface area contributed by atoms with Crippen LogP contribution in [0.3, 0.4) is 0 Å². The third kappa shape index (κ3) is 3.02. The Morgan fingerprint density at radius 3 is 2.65 bits per heavy atom. The standard InChI is InChI=1S/C14H25N3/c1-11(2)15-13-16-12(3)9-17(13)10-14(4)7-5-6-8-14/h9,11H,5-8,10H2,1-4H3,(H,15,16). The van der Waals surface area contributed by atoms with Gasteiger partial charge in [0.05, 0.1) is 5.69 Å². The highest BCUT2D eigenvalue weighted by atomic mass is 15.2. The lowest BCUT2D eigenvalue weighted by Crippen LogP contribution is -2.22. The Hall–Kier alpha value is -0.990. The Labute approximate surface area is 105 Å². The van der Waals surface area contributed by atoms with E-state index >= 15 is 0 Å². The van der Waals surface area contributed by atoms with Gasteiger partial charge >= 0.3 is 0 Å². The third-order valence-corrected chi connectivity index (χ3v) is 3.68. The van der Waals surface area contributed by atoms with Crippen LogP contribution in [0.25, 0.3) is 0 Å². The molecule has 1 fully saturated rings. The van der Waals surface area contributed by atoms with Crippen molar-refractivity contribution in [2.45, 2.75) is 66.0 Å². The van der Waals surface area contributed by atoms with Crippen molar-refractivity contribution < 1.29 is 0 Å². The SMILES string of the molecule is Cc1cn(CC2(C)CCCC2)c(NC(C)C)n1. The van der Waals surface area contributed by atoms with Crippen LogP contribution in [-0.2, 0) is 6.54 Å². The van der Waals surface area contributed by atoms with Gasteiger partial charge in [-0.05, 0) is 39.0 Å². The highest BCUT2D eigenvalue weighted by molar-refractivity contribution is 5.29. The van der Waals surface area contributed by atoms with Gasteiger partial charge in [-0.25, -0.2) is 4.98 Å². The second kappa shape index (κ2) is 4.71. The lowest BCUT2D eigenvalue weighted by molar-refractivity contribution is 0.283. The molecule has 1 saturated carbocycles. The summed E-state index contributed by atoms with van der Waals surface area (Å²) in [6, 6.07) is 0.437. The zero-order valence-corrected chi connectivity index (χ0v) is 11.6. The van der Waals surface area contributed by atoms with E-state index in [1.54, 1.807) is 0 Å². The fourth-order valence-electron chi connectivity index (χ4n) is 2.84. The molecule has 3 heteroatoms. The van der Waals surface area contributed by atoms with Gasteiger partial charge in [-0.3, -0.25) is 0 Å². The smallest absolute Gasteiger partial charge is 0.203 e. The molecule has 1 aliphatic rings. The highest BCUT2D eigenvalue weighted by Crippen LogP contribution is 2.39. The second-order valence-electron chi connectivity index (χ2n) is 6.15. The van der Waals surface area contributed by atoms with Gasteiger partial charge in [-0.2, -0.15) is 0 Å². The fourth-order valence-corrected chi connectivity index (χ4v) is 2.84. The van der Waals surface area contributed by atoms with Gasteiger partial charge in [0.1, 0.15) is 0 Å². The van der Waals surface area contributed by atoms with Gasteiger partial charge < -0.3 is 9.88 Å². The summed E-state index contributed by atoms with van der Waals surface area (Å²) >= 11 is 0. The van der Waals surface area contributed by atoms with E-state index < -0.39 is 0 Å². The predicted molar refractivity (Wildman–Crippen MR) is 72.3 cm³/mol. The van der Waals surface area contributed by atoms with Gasteiger partial charge in [0.25, 0.3) is 0 Å². The van der Waals surface area contributed by atoms with Gasteiger partial charge in [0.15, 0.2) is 0 Å². The molecule has 1 aromatic heterocycles. The van der Waals surface area contributed by atoms with E-state index in [2.05, 4.69) is 48.8 Å². The number of nitrogens with zero attached hydrogens (tertiary/aromatic N) is 2. The molecule has 17 heavy (non-hydrogen) atoms. The van der Waals surface area contributed by atoms with Crippen molar-refractivity contribution in [3.63, 3.8) is 0 Å². The number of hydrogen-bond acceptors (Lipinski definition) is 2. The van der Waals surface area contributed by atoms with Crippen molar-refractivity contribution >= 4 is 5.95 Å².